The average molecular weight is 467 g/mol. The predicted molar refractivity (Wildman–Crippen MR) is 152 cm³/mol. The summed E-state index contributed by atoms with van der Waals surface area (Å²) in [5, 5.41) is 7.42. The summed E-state index contributed by atoms with van der Waals surface area (Å²) in [6.45, 7) is 20.4. The molecular weight excluding hydrogens is 424 g/mol. The van der Waals surface area contributed by atoms with Crippen molar-refractivity contribution in [3.8, 4) is 0 Å². The lowest BCUT2D eigenvalue weighted by atomic mass is 9.85. The normalized spacial score (nSPS) is 17.0. The maximum Gasteiger partial charge on any atom is 0.0831 e. The summed E-state index contributed by atoms with van der Waals surface area (Å²) in [7, 11) is 0. The van der Waals surface area contributed by atoms with E-state index in [4.69, 9.17) is 5.10 Å². The molecule has 3 aromatic carbocycles. The first-order valence-electron chi connectivity index (χ1n) is 12.9. The second-order valence-electron chi connectivity index (χ2n) is 13.1. The lowest BCUT2D eigenvalue weighted by molar-refractivity contribution is 0.588. The Morgan fingerprint density at radius 1 is 0.571 bits per heavy atom. The monoisotopic (exact) mass is 466 g/mol. The number of hydrogen-bond donors (Lipinski definition) is 0. The van der Waals surface area contributed by atoms with Gasteiger partial charge in [0, 0.05) is 6.42 Å². The zero-order valence-corrected chi connectivity index (χ0v) is 23.1. The van der Waals surface area contributed by atoms with E-state index in [0.29, 0.717) is 0 Å². The maximum atomic E-state index is 5.19. The van der Waals surface area contributed by atoms with Crippen molar-refractivity contribution < 1.29 is 0 Å². The van der Waals surface area contributed by atoms with Crippen LogP contribution in [-0.4, -0.2) is 5.71 Å². The molecule has 0 bridgehead atoms. The van der Waals surface area contributed by atoms with Gasteiger partial charge in [-0.25, -0.2) is 0 Å². The van der Waals surface area contributed by atoms with Gasteiger partial charge in [0.05, 0.1) is 17.4 Å². The van der Waals surface area contributed by atoms with Gasteiger partial charge in [-0.15, -0.1) is 0 Å². The predicted octanol–water partition coefficient (Wildman–Crippen LogP) is 8.93. The highest BCUT2D eigenvalue weighted by Crippen LogP contribution is 2.38. The first-order valence-corrected chi connectivity index (χ1v) is 12.9. The van der Waals surface area contributed by atoms with Gasteiger partial charge in [0.15, 0.2) is 0 Å². The molecule has 0 aromatic heterocycles. The van der Waals surface area contributed by atoms with Gasteiger partial charge in [0.25, 0.3) is 0 Å². The molecule has 0 amide bonds. The van der Waals surface area contributed by atoms with E-state index in [-0.39, 0.29) is 22.3 Å². The highest BCUT2D eigenvalue weighted by Gasteiger charge is 2.31. The fraction of sp³-hybridized carbons (Fsp3) is 0.424. The number of hydrazone groups is 1. The summed E-state index contributed by atoms with van der Waals surface area (Å²) in [6.07, 6.45) is 0.894. The molecule has 0 fully saturated rings. The zero-order valence-electron chi connectivity index (χ0n) is 23.1. The van der Waals surface area contributed by atoms with Crippen molar-refractivity contribution in [1.82, 2.24) is 0 Å². The van der Waals surface area contributed by atoms with Crippen LogP contribution in [0.3, 0.4) is 0 Å². The molecule has 2 nitrogen and oxygen atoms in total. The van der Waals surface area contributed by atoms with Crippen LogP contribution < -0.4 is 5.01 Å². The molecule has 184 valence electrons. The standard InChI is InChI=1S/C33H42N2/c1-31(2,3)25-14-10-23(11-15-25)29-22-30(24-12-16-26(17-13-24)32(4,5)6)35(34-29)28-20-18-27(19-21-28)33(7,8)9/h10-21,30H,22H2,1-9H3. The van der Waals surface area contributed by atoms with E-state index in [0.717, 1.165) is 17.8 Å². The van der Waals surface area contributed by atoms with Crippen molar-refractivity contribution in [1.29, 1.82) is 0 Å². The molecule has 1 heterocycles. The summed E-state index contributed by atoms with van der Waals surface area (Å²) < 4.78 is 0. The quantitative estimate of drug-likeness (QED) is 0.376. The van der Waals surface area contributed by atoms with Crippen LogP contribution in [0.25, 0.3) is 0 Å². The minimum absolute atomic E-state index is 0.134. The maximum absolute atomic E-state index is 5.19. The van der Waals surface area contributed by atoms with Gasteiger partial charge in [0.1, 0.15) is 0 Å². The summed E-state index contributed by atoms with van der Waals surface area (Å²) in [5.74, 6) is 0. The fourth-order valence-corrected chi connectivity index (χ4v) is 4.66. The van der Waals surface area contributed by atoms with Crippen molar-refractivity contribution in [2.45, 2.75) is 91.0 Å². The molecule has 0 saturated heterocycles. The molecule has 4 rings (SSSR count). The summed E-state index contributed by atoms with van der Waals surface area (Å²) in [6, 6.07) is 27.3. The number of benzene rings is 3. The Morgan fingerprint density at radius 2 is 0.971 bits per heavy atom. The van der Waals surface area contributed by atoms with E-state index in [1.807, 2.05) is 0 Å². The summed E-state index contributed by atoms with van der Waals surface area (Å²) >= 11 is 0. The van der Waals surface area contributed by atoms with Crippen LogP contribution in [0.15, 0.2) is 77.9 Å². The number of hydrogen-bond acceptors (Lipinski definition) is 2. The van der Waals surface area contributed by atoms with Gasteiger partial charge in [-0.1, -0.05) is 123 Å². The second kappa shape index (κ2) is 8.97. The number of anilines is 1. The molecule has 1 atom stereocenters. The fourth-order valence-electron chi connectivity index (χ4n) is 4.66. The minimum atomic E-state index is 0.134. The van der Waals surface area contributed by atoms with E-state index >= 15 is 0 Å². The van der Waals surface area contributed by atoms with Crippen molar-refractivity contribution in [3.05, 3.63) is 101 Å². The molecule has 2 heteroatoms. The molecule has 0 radical (unpaired) electrons. The zero-order chi connectivity index (χ0) is 25.6. The Morgan fingerprint density at radius 3 is 1.40 bits per heavy atom. The first kappa shape index (κ1) is 25.2. The lowest BCUT2D eigenvalue weighted by Crippen LogP contribution is -2.19. The molecule has 0 aliphatic carbocycles. The Balaban J connectivity index is 1.71. The highest BCUT2D eigenvalue weighted by atomic mass is 15.5. The van der Waals surface area contributed by atoms with Crippen LogP contribution >= 0.6 is 0 Å². The SMILES string of the molecule is CC(C)(C)c1ccc(C2=NN(c3ccc(C(C)(C)C)cc3)C(c3ccc(C(C)(C)C)cc3)C2)cc1. The van der Waals surface area contributed by atoms with Crippen LogP contribution in [0, 0.1) is 0 Å². The van der Waals surface area contributed by atoms with Crippen molar-refractivity contribution in [3.63, 3.8) is 0 Å². The molecule has 1 aliphatic heterocycles. The van der Waals surface area contributed by atoms with E-state index in [1.165, 1.54) is 27.8 Å². The van der Waals surface area contributed by atoms with Crippen molar-refractivity contribution in [2.75, 3.05) is 5.01 Å². The smallest absolute Gasteiger partial charge is 0.0831 e. The van der Waals surface area contributed by atoms with Crippen LogP contribution in [0.1, 0.15) is 103 Å². The van der Waals surface area contributed by atoms with Crippen LogP contribution in [0.2, 0.25) is 0 Å². The van der Waals surface area contributed by atoms with Gasteiger partial charge >= 0.3 is 0 Å². The molecule has 0 N–H and O–H groups in total. The van der Waals surface area contributed by atoms with Gasteiger partial charge < -0.3 is 0 Å². The molecule has 1 aliphatic rings. The Hall–Kier alpha value is -2.87. The van der Waals surface area contributed by atoms with Gasteiger partial charge in [-0.2, -0.15) is 5.10 Å². The number of nitrogens with zero attached hydrogens (tertiary/aromatic N) is 2. The molecule has 35 heavy (non-hydrogen) atoms. The van der Waals surface area contributed by atoms with Gasteiger partial charge in [0.2, 0.25) is 0 Å². The summed E-state index contributed by atoms with van der Waals surface area (Å²) in [4.78, 5) is 0. The lowest BCUT2D eigenvalue weighted by Gasteiger charge is -2.26. The van der Waals surface area contributed by atoms with E-state index in [9.17, 15) is 0 Å². The largest absolute Gasteiger partial charge is 0.257 e. The van der Waals surface area contributed by atoms with Crippen LogP contribution in [0.5, 0.6) is 0 Å². The highest BCUT2D eigenvalue weighted by molar-refractivity contribution is 6.03. The molecule has 1 unspecified atom stereocenters. The Bertz CT molecular complexity index is 1180. The minimum Gasteiger partial charge on any atom is -0.257 e. The Labute approximate surface area is 213 Å². The molecular formula is C33H42N2. The molecule has 0 saturated carbocycles. The average Bonchev–Trinajstić information content (AvgIpc) is 3.23. The van der Waals surface area contributed by atoms with E-state index < -0.39 is 0 Å². The van der Waals surface area contributed by atoms with E-state index in [2.05, 4.69) is 140 Å². The van der Waals surface area contributed by atoms with Crippen LogP contribution in [-0.2, 0) is 16.2 Å². The van der Waals surface area contributed by atoms with E-state index in [1.54, 1.807) is 0 Å². The summed E-state index contributed by atoms with van der Waals surface area (Å²) in [5.41, 5.74) is 9.29. The third kappa shape index (κ3) is 5.53. The van der Waals surface area contributed by atoms with Gasteiger partial charge in [-0.05, 0) is 56.2 Å². The second-order valence-corrected chi connectivity index (χ2v) is 13.1. The van der Waals surface area contributed by atoms with Gasteiger partial charge in [-0.3, -0.25) is 5.01 Å². The topological polar surface area (TPSA) is 15.6 Å². The third-order valence-corrected chi connectivity index (χ3v) is 7.15. The third-order valence-electron chi connectivity index (χ3n) is 7.15. The number of rotatable bonds is 3. The molecule has 3 aromatic rings. The Kier molecular flexibility index (Phi) is 6.47. The van der Waals surface area contributed by atoms with Crippen LogP contribution in [0.4, 0.5) is 5.69 Å². The van der Waals surface area contributed by atoms with Crippen molar-refractivity contribution >= 4 is 11.4 Å². The van der Waals surface area contributed by atoms with Crippen molar-refractivity contribution in [2.24, 2.45) is 5.10 Å². The first-order chi connectivity index (χ1) is 16.2. The molecule has 0 spiro atoms.